The zero-order chi connectivity index (χ0) is 13.6. The SMILES string of the molecule is CCCCN(c1ccccc1CNC)S(C)(=O)=O. The molecule has 0 saturated heterocycles. The lowest BCUT2D eigenvalue weighted by atomic mass is 10.1. The number of hydrogen-bond acceptors (Lipinski definition) is 3. The molecule has 102 valence electrons. The second-order valence-electron chi connectivity index (χ2n) is 4.35. The fraction of sp³-hybridized carbons (Fsp3) is 0.538. The number of hydrogen-bond donors (Lipinski definition) is 1. The molecule has 1 aromatic rings. The third kappa shape index (κ3) is 3.99. The van der Waals surface area contributed by atoms with Crippen LogP contribution in [0.2, 0.25) is 0 Å². The molecule has 0 aliphatic carbocycles. The largest absolute Gasteiger partial charge is 0.316 e. The molecule has 0 fully saturated rings. The lowest BCUT2D eigenvalue weighted by molar-refractivity contribution is 0.594. The summed E-state index contributed by atoms with van der Waals surface area (Å²) in [6.45, 7) is 3.25. The summed E-state index contributed by atoms with van der Waals surface area (Å²) in [6, 6.07) is 7.62. The summed E-state index contributed by atoms with van der Waals surface area (Å²) in [7, 11) is -1.37. The summed E-state index contributed by atoms with van der Waals surface area (Å²) in [5, 5.41) is 3.07. The van der Waals surface area contributed by atoms with Crippen molar-refractivity contribution in [2.45, 2.75) is 26.3 Å². The average Bonchev–Trinajstić information content (AvgIpc) is 2.30. The summed E-state index contributed by atoms with van der Waals surface area (Å²) in [6.07, 6.45) is 3.10. The van der Waals surface area contributed by atoms with Gasteiger partial charge in [-0.15, -0.1) is 0 Å². The number of benzene rings is 1. The first-order valence-corrected chi connectivity index (χ1v) is 8.05. The summed E-state index contributed by atoms with van der Waals surface area (Å²) in [5.41, 5.74) is 1.78. The molecule has 0 radical (unpaired) electrons. The standard InChI is InChI=1S/C13H22N2O2S/c1-4-5-10-15(18(3,16)17)13-9-7-6-8-12(13)11-14-2/h6-9,14H,4-5,10-11H2,1-3H3. The van der Waals surface area contributed by atoms with E-state index in [0.29, 0.717) is 13.1 Å². The molecule has 1 N–H and O–H groups in total. The van der Waals surface area contributed by atoms with Crippen molar-refractivity contribution in [3.8, 4) is 0 Å². The quantitative estimate of drug-likeness (QED) is 0.824. The van der Waals surface area contributed by atoms with E-state index in [4.69, 9.17) is 0 Å². The molecule has 4 nitrogen and oxygen atoms in total. The van der Waals surface area contributed by atoms with Gasteiger partial charge < -0.3 is 5.32 Å². The van der Waals surface area contributed by atoms with E-state index in [0.717, 1.165) is 24.1 Å². The molecule has 0 saturated carbocycles. The summed E-state index contributed by atoms with van der Waals surface area (Å²) >= 11 is 0. The number of rotatable bonds is 7. The lowest BCUT2D eigenvalue weighted by Crippen LogP contribution is -2.32. The minimum absolute atomic E-state index is 0.538. The molecule has 1 aromatic carbocycles. The molecular formula is C13H22N2O2S. The van der Waals surface area contributed by atoms with Crippen LogP contribution in [-0.2, 0) is 16.6 Å². The van der Waals surface area contributed by atoms with Gasteiger partial charge in [0.05, 0.1) is 11.9 Å². The van der Waals surface area contributed by atoms with Gasteiger partial charge in [0.25, 0.3) is 0 Å². The van der Waals surface area contributed by atoms with Crippen molar-refractivity contribution in [3.63, 3.8) is 0 Å². The van der Waals surface area contributed by atoms with Crippen molar-refractivity contribution in [1.82, 2.24) is 5.32 Å². The van der Waals surface area contributed by atoms with Crippen LogP contribution >= 0.6 is 0 Å². The van der Waals surface area contributed by atoms with Gasteiger partial charge in [0.15, 0.2) is 0 Å². The van der Waals surface area contributed by atoms with E-state index in [1.165, 1.54) is 10.6 Å². The van der Waals surface area contributed by atoms with Crippen LogP contribution in [0.25, 0.3) is 0 Å². The van der Waals surface area contributed by atoms with Crippen molar-refractivity contribution >= 4 is 15.7 Å². The first kappa shape index (κ1) is 15.0. The monoisotopic (exact) mass is 270 g/mol. The highest BCUT2D eigenvalue weighted by Crippen LogP contribution is 2.23. The molecule has 0 atom stereocenters. The maximum Gasteiger partial charge on any atom is 0.232 e. The summed E-state index contributed by atoms with van der Waals surface area (Å²) < 4.78 is 25.3. The predicted molar refractivity (Wildman–Crippen MR) is 76.3 cm³/mol. The van der Waals surface area contributed by atoms with Crippen LogP contribution in [0.5, 0.6) is 0 Å². The highest BCUT2D eigenvalue weighted by molar-refractivity contribution is 7.92. The molecule has 0 aliphatic heterocycles. The molecule has 0 aromatic heterocycles. The highest BCUT2D eigenvalue weighted by atomic mass is 32.2. The zero-order valence-corrected chi connectivity index (χ0v) is 12.1. The van der Waals surface area contributed by atoms with Crippen LogP contribution in [0.4, 0.5) is 5.69 Å². The van der Waals surface area contributed by atoms with Gasteiger partial charge in [-0.05, 0) is 25.1 Å². The van der Waals surface area contributed by atoms with Crippen molar-refractivity contribution in [1.29, 1.82) is 0 Å². The Balaban J connectivity index is 3.12. The summed E-state index contributed by atoms with van der Waals surface area (Å²) in [4.78, 5) is 0. The summed E-state index contributed by atoms with van der Waals surface area (Å²) in [5.74, 6) is 0. The Hall–Kier alpha value is -1.07. The van der Waals surface area contributed by atoms with Gasteiger partial charge in [-0.2, -0.15) is 0 Å². The van der Waals surface area contributed by atoms with Crippen molar-refractivity contribution in [2.24, 2.45) is 0 Å². The minimum Gasteiger partial charge on any atom is -0.316 e. The second kappa shape index (κ2) is 6.75. The Morgan fingerprint density at radius 3 is 2.50 bits per heavy atom. The number of nitrogens with zero attached hydrogens (tertiary/aromatic N) is 1. The van der Waals surface area contributed by atoms with E-state index in [1.807, 2.05) is 31.3 Å². The first-order chi connectivity index (χ1) is 8.50. The zero-order valence-electron chi connectivity index (χ0n) is 11.3. The van der Waals surface area contributed by atoms with Crippen LogP contribution in [-0.4, -0.2) is 28.3 Å². The van der Waals surface area contributed by atoms with E-state index in [2.05, 4.69) is 12.2 Å². The van der Waals surface area contributed by atoms with Crippen LogP contribution in [0.1, 0.15) is 25.3 Å². The number of para-hydroxylation sites is 1. The van der Waals surface area contributed by atoms with E-state index < -0.39 is 10.0 Å². The molecule has 0 spiro atoms. The van der Waals surface area contributed by atoms with Gasteiger partial charge >= 0.3 is 0 Å². The first-order valence-electron chi connectivity index (χ1n) is 6.21. The number of sulfonamides is 1. The van der Waals surface area contributed by atoms with Crippen LogP contribution in [0.15, 0.2) is 24.3 Å². The molecule has 0 amide bonds. The fourth-order valence-corrected chi connectivity index (χ4v) is 2.86. The Morgan fingerprint density at radius 1 is 1.28 bits per heavy atom. The Labute approximate surface area is 110 Å². The lowest BCUT2D eigenvalue weighted by Gasteiger charge is -2.24. The maximum atomic E-state index is 11.9. The molecule has 0 unspecified atom stereocenters. The third-order valence-corrected chi connectivity index (χ3v) is 3.92. The second-order valence-corrected chi connectivity index (χ2v) is 6.25. The van der Waals surface area contributed by atoms with Crippen LogP contribution < -0.4 is 9.62 Å². The van der Waals surface area contributed by atoms with Crippen LogP contribution in [0.3, 0.4) is 0 Å². The van der Waals surface area contributed by atoms with Crippen molar-refractivity contribution < 1.29 is 8.42 Å². The maximum absolute atomic E-state index is 11.9. The minimum atomic E-state index is -3.23. The van der Waals surface area contributed by atoms with Gasteiger partial charge in [0, 0.05) is 13.1 Å². The Kier molecular flexibility index (Phi) is 5.62. The molecule has 0 aliphatic rings. The van der Waals surface area contributed by atoms with E-state index >= 15 is 0 Å². The van der Waals surface area contributed by atoms with Gasteiger partial charge in [0.2, 0.25) is 10.0 Å². The molecule has 18 heavy (non-hydrogen) atoms. The van der Waals surface area contributed by atoms with Crippen molar-refractivity contribution in [3.05, 3.63) is 29.8 Å². The number of nitrogens with one attached hydrogen (secondary N) is 1. The average molecular weight is 270 g/mol. The van der Waals surface area contributed by atoms with E-state index in [1.54, 1.807) is 0 Å². The molecule has 0 bridgehead atoms. The highest BCUT2D eigenvalue weighted by Gasteiger charge is 2.18. The predicted octanol–water partition coefficient (Wildman–Crippen LogP) is 1.97. The fourth-order valence-electron chi connectivity index (χ4n) is 1.86. The molecule has 0 heterocycles. The van der Waals surface area contributed by atoms with Gasteiger partial charge in [-0.25, -0.2) is 8.42 Å². The van der Waals surface area contributed by atoms with E-state index in [-0.39, 0.29) is 0 Å². The van der Waals surface area contributed by atoms with Crippen LogP contribution in [0, 0.1) is 0 Å². The molecule has 1 rings (SSSR count). The van der Waals surface area contributed by atoms with Gasteiger partial charge in [0.1, 0.15) is 0 Å². The number of anilines is 1. The third-order valence-electron chi connectivity index (χ3n) is 2.74. The van der Waals surface area contributed by atoms with Gasteiger partial charge in [-0.1, -0.05) is 31.5 Å². The molecular weight excluding hydrogens is 248 g/mol. The number of unbranched alkanes of at least 4 members (excludes halogenated alkanes) is 1. The van der Waals surface area contributed by atoms with Crippen molar-refractivity contribution in [2.75, 3.05) is 24.2 Å². The molecule has 5 heteroatoms. The normalized spacial score (nSPS) is 11.5. The topological polar surface area (TPSA) is 49.4 Å². The van der Waals surface area contributed by atoms with Gasteiger partial charge in [-0.3, -0.25) is 4.31 Å². The van der Waals surface area contributed by atoms with E-state index in [9.17, 15) is 8.42 Å². The smallest absolute Gasteiger partial charge is 0.232 e. The Morgan fingerprint density at radius 2 is 1.94 bits per heavy atom. The Bertz CT molecular complexity index is 472.